The second-order valence-electron chi connectivity index (χ2n) is 1.82. The van der Waals surface area contributed by atoms with Crippen LogP contribution in [0.4, 0.5) is 5.69 Å². The molecule has 0 amide bonds. The summed E-state index contributed by atoms with van der Waals surface area (Å²) in [6, 6.07) is 6.21. The van der Waals surface area contributed by atoms with E-state index in [1.54, 1.807) is 12.1 Å². The van der Waals surface area contributed by atoms with Crippen molar-refractivity contribution in [3.8, 4) is 0 Å². The van der Waals surface area contributed by atoms with Crippen molar-refractivity contribution in [2.45, 2.75) is 4.90 Å². The fraction of sp³-hybridized carbons (Fsp3) is 0. The van der Waals surface area contributed by atoms with Gasteiger partial charge in [0.25, 0.3) is 0 Å². The predicted octanol–water partition coefficient (Wildman–Crippen LogP) is 0.201. The van der Waals surface area contributed by atoms with Crippen LogP contribution in [0.5, 0.6) is 0 Å². The van der Waals surface area contributed by atoms with Gasteiger partial charge in [0.1, 0.15) is 0 Å². The van der Waals surface area contributed by atoms with Crippen molar-refractivity contribution >= 4 is 46.3 Å². The van der Waals surface area contributed by atoms with Crippen molar-refractivity contribution in [3.05, 3.63) is 24.3 Å². The average Bonchev–Trinajstić information content (AvgIpc) is 1.88. The van der Waals surface area contributed by atoms with Crippen molar-refractivity contribution in [2.75, 3.05) is 5.73 Å². The molecule has 1 atom stereocenters. The molecule has 0 aliphatic carbocycles. The molecule has 0 aliphatic heterocycles. The Morgan fingerprint density at radius 2 is 1.73 bits per heavy atom. The molecule has 1 unspecified atom stereocenters. The van der Waals surface area contributed by atoms with E-state index in [0.717, 1.165) is 0 Å². The van der Waals surface area contributed by atoms with Crippen molar-refractivity contribution < 1.29 is 8.76 Å². The van der Waals surface area contributed by atoms with Gasteiger partial charge in [-0.25, -0.2) is 4.21 Å². The van der Waals surface area contributed by atoms with E-state index in [1.807, 2.05) is 0 Å². The Balaban J connectivity index is 0.000001000. The molecule has 0 saturated heterocycles. The van der Waals surface area contributed by atoms with Crippen LogP contribution in [0.25, 0.3) is 0 Å². The first-order valence-corrected chi connectivity index (χ1v) is 3.77. The topological polar surface area (TPSA) is 63.3 Å². The van der Waals surface area contributed by atoms with Gasteiger partial charge < -0.3 is 10.3 Å². The Morgan fingerprint density at radius 3 is 2.09 bits per heavy atom. The van der Waals surface area contributed by atoms with Gasteiger partial charge in [-0.3, -0.25) is 0 Å². The number of rotatable bonds is 1. The molecule has 0 heterocycles. The van der Waals surface area contributed by atoms with Crippen LogP contribution in [0.3, 0.4) is 0 Å². The molecular formula is C6H8NNaO2S. The molecule has 0 aromatic heterocycles. The monoisotopic (exact) mass is 181 g/mol. The van der Waals surface area contributed by atoms with E-state index in [-0.39, 0.29) is 29.6 Å². The second kappa shape index (κ2) is 4.90. The zero-order chi connectivity index (χ0) is 7.56. The summed E-state index contributed by atoms with van der Waals surface area (Å²) in [5.41, 5.74) is 5.94. The number of anilines is 1. The first-order valence-electron chi connectivity index (χ1n) is 2.66. The second-order valence-corrected chi connectivity index (χ2v) is 2.79. The molecule has 1 rings (SSSR count). The van der Waals surface area contributed by atoms with E-state index in [2.05, 4.69) is 0 Å². The van der Waals surface area contributed by atoms with Gasteiger partial charge in [-0.05, 0) is 24.3 Å². The van der Waals surface area contributed by atoms with Gasteiger partial charge in [-0.1, -0.05) is 0 Å². The molecule has 0 saturated carbocycles. The molecule has 0 spiro atoms. The van der Waals surface area contributed by atoms with Crippen molar-refractivity contribution in [3.63, 3.8) is 0 Å². The molecule has 0 aliphatic rings. The Labute approximate surface area is 89.6 Å². The third-order valence-corrected chi connectivity index (χ3v) is 1.76. The summed E-state index contributed by atoms with van der Waals surface area (Å²) in [6.07, 6.45) is 0. The molecule has 1 aromatic carbocycles. The van der Waals surface area contributed by atoms with Crippen LogP contribution in [0, 0.1) is 0 Å². The average molecular weight is 181 g/mol. The molecular weight excluding hydrogens is 173 g/mol. The summed E-state index contributed by atoms with van der Waals surface area (Å²) in [4.78, 5) is 0.370. The van der Waals surface area contributed by atoms with E-state index >= 15 is 0 Å². The van der Waals surface area contributed by atoms with Gasteiger partial charge in [0, 0.05) is 5.69 Å². The summed E-state index contributed by atoms with van der Waals surface area (Å²) in [5.74, 6) is 0. The number of benzene rings is 1. The maximum atomic E-state index is 10.4. The summed E-state index contributed by atoms with van der Waals surface area (Å²) >= 11 is -1.89. The Bertz CT molecular complexity index is 249. The van der Waals surface area contributed by atoms with Crippen LogP contribution < -0.4 is 5.73 Å². The van der Waals surface area contributed by atoms with Crippen LogP contribution in [0.2, 0.25) is 0 Å². The number of nitrogen functional groups attached to an aromatic ring is 1. The summed E-state index contributed by atoms with van der Waals surface area (Å²) < 4.78 is 18.9. The molecule has 11 heavy (non-hydrogen) atoms. The van der Waals surface area contributed by atoms with Crippen LogP contribution in [0.15, 0.2) is 29.2 Å². The van der Waals surface area contributed by atoms with E-state index in [0.29, 0.717) is 10.6 Å². The molecule has 56 valence electrons. The summed E-state index contributed by atoms with van der Waals surface area (Å²) in [5, 5.41) is 0. The Hall–Kier alpha value is 0.130. The minimum atomic E-state index is -1.89. The fourth-order valence-electron chi connectivity index (χ4n) is 0.584. The molecule has 5 heteroatoms. The van der Waals surface area contributed by atoms with E-state index in [9.17, 15) is 4.21 Å². The normalized spacial score (nSPS) is 11.7. The third-order valence-electron chi connectivity index (χ3n) is 1.08. The first-order chi connectivity index (χ1) is 4.70. The molecule has 0 fully saturated rings. The van der Waals surface area contributed by atoms with Gasteiger partial charge in [0.15, 0.2) is 11.1 Å². The van der Waals surface area contributed by atoms with Crippen LogP contribution in [0.1, 0.15) is 0 Å². The first kappa shape index (κ1) is 11.1. The van der Waals surface area contributed by atoms with Crippen molar-refractivity contribution in [1.82, 2.24) is 0 Å². The van der Waals surface area contributed by atoms with E-state index in [4.69, 9.17) is 10.3 Å². The van der Waals surface area contributed by atoms with Crippen LogP contribution >= 0.6 is 0 Å². The Morgan fingerprint density at radius 1 is 1.27 bits per heavy atom. The van der Waals surface area contributed by atoms with Gasteiger partial charge in [-0.15, -0.1) is 0 Å². The van der Waals surface area contributed by atoms with Crippen LogP contribution in [-0.4, -0.2) is 38.3 Å². The summed E-state index contributed by atoms with van der Waals surface area (Å²) in [6.45, 7) is 0. The van der Waals surface area contributed by atoms with Gasteiger partial charge in [0.05, 0.1) is 4.90 Å². The SMILES string of the molecule is Nc1ccc(S(=O)O)cc1.[NaH]. The molecule has 3 N–H and O–H groups in total. The zero-order valence-electron chi connectivity index (χ0n) is 5.15. The third kappa shape index (κ3) is 3.35. The maximum absolute atomic E-state index is 10.4. The summed E-state index contributed by atoms with van der Waals surface area (Å²) in [7, 11) is 0. The van der Waals surface area contributed by atoms with E-state index in [1.165, 1.54) is 12.1 Å². The van der Waals surface area contributed by atoms with Crippen molar-refractivity contribution in [2.24, 2.45) is 0 Å². The van der Waals surface area contributed by atoms with E-state index < -0.39 is 11.1 Å². The zero-order valence-corrected chi connectivity index (χ0v) is 5.97. The quantitative estimate of drug-likeness (QED) is 0.369. The van der Waals surface area contributed by atoms with Crippen molar-refractivity contribution in [1.29, 1.82) is 0 Å². The van der Waals surface area contributed by atoms with Gasteiger partial charge in [0.2, 0.25) is 0 Å². The molecule has 0 bridgehead atoms. The number of hydrogen-bond donors (Lipinski definition) is 2. The minimum absolute atomic E-state index is 0. The van der Waals surface area contributed by atoms with Gasteiger partial charge in [-0.2, -0.15) is 0 Å². The number of hydrogen-bond acceptors (Lipinski definition) is 2. The Kier molecular flexibility index (Phi) is 4.96. The van der Waals surface area contributed by atoms with Gasteiger partial charge >= 0.3 is 29.6 Å². The van der Waals surface area contributed by atoms with Crippen LogP contribution in [-0.2, 0) is 11.1 Å². The standard InChI is InChI=1S/C6H7NO2S.Na.H/c7-5-1-3-6(4-2-5)10(8)9;;/h1-4H,7H2,(H,8,9);;. The molecule has 0 radical (unpaired) electrons. The predicted molar refractivity (Wildman–Crippen MR) is 47.0 cm³/mol. The number of nitrogens with two attached hydrogens (primary N) is 1. The fourth-order valence-corrected chi connectivity index (χ4v) is 0.953. The molecule has 3 nitrogen and oxygen atoms in total. The molecule has 1 aromatic rings.